The summed E-state index contributed by atoms with van der Waals surface area (Å²) in [6, 6.07) is 0. The first-order valence-electron chi connectivity index (χ1n) is 7.79. The molecular formula is C16H29N3. The number of aromatic nitrogens is 2. The number of aryl methyl sites for hydroxylation is 1. The molecule has 1 aromatic heterocycles. The number of hydrogen-bond acceptors (Lipinski definition) is 2. The van der Waals surface area contributed by atoms with Crippen LogP contribution in [0.4, 0.5) is 0 Å². The number of nitrogens with zero attached hydrogens (tertiary/aromatic N) is 2. The fourth-order valence-corrected chi connectivity index (χ4v) is 3.42. The third-order valence-electron chi connectivity index (χ3n) is 4.71. The molecule has 0 unspecified atom stereocenters. The van der Waals surface area contributed by atoms with Crippen LogP contribution >= 0.6 is 0 Å². The van der Waals surface area contributed by atoms with E-state index in [0.29, 0.717) is 11.3 Å². The van der Waals surface area contributed by atoms with Gasteiger partial charge in [0.2, 0.25) is 0 Å². The Morgan fingerprint density at radius 2 is 2.05 bits per heavy atom. The maximum absolute atomic E-state index is 4.57. The van der Waals surface area contributed by atoms with Gasteiger partial charge < -0.3 is 5.32 Å². The zero-order chi connectivity index (χ0) is 13.9. The van der Waals surface area contributed by atoms with Gasteiger partial charge in [0, 0.05) is 31.9 Å². The Balaban J connectivity index is 1.92. The predicted molar refractivity (Wildman–Crippen MR) is 80.2 cm³/mol. The summed E-state index contributed by atoms with van der Waals surface area (Å²) in [5.41, 5.74) is 3.17. The molecular weight excluding hydrogens is 234 g/mol. The Morgan fingerprint density at radius 3 is 2.63 bits per heavy atom. The highest BCUT2D eigenvalue weighted by molar-refractivity contribution is 5.20. The van der Waals surface area contributed by atoms with Crippen LogP contribution in [0, 0.1) is 5.41 Å². The highest BCUT2D eigenvalue weighted by Gasteiger charge is 2.31. The smallest absolute Gasteiger partial charge is 0.0694 e. The van der Waals surface area contributed by atoms with Crippen molar-refractivity contribution in [1.29, 1.82) is 0 Å². The van der Waals surface area contributed by atoms with Crippen molar-refractivity contribution >= 4 is 0 Å². The van der Waals surface area contributed by atoms with Crippen molar-refractivity contribution in [2.75, 3.05) is 6.54 Å². The summed E-state index contributed by atoms with van der Waals surface area (Å²) in [5, 5.41) is 8.27. The van der Waals surface area contributed by atoms with E-state index in [-0.39, 0.29) is 0 Å². The van der Waals surface area contributed by atoms with Crippen molar-refractivity contribution in [3.05, 3.63) is 17.5 Å². The summed E-state index contributed by atoms with van der Waals surface area (Å²) < 4.78 is 1.94. The van der Waals surface area contributed by atoms with Crippen LogP contribution in [0.15, 0.2) is 6.20 Å². The summed E-state index contributed by atoms with van der Waals surface area (Å²) in [6.07, 6.45) is 9.11. The summed E-state index contributed by atoms with van der Waals surface area (Å²) in [6.45, 7) is 8.91. The molecule has 108 valence electrons. The number of hydrogen-bond donors (Lipinski definition) is 1. The molecule has 1 aromatic rings. The normalized spacial score (nSPS) is 18.4. The summed E-state index contributed by atoms with van der Waals surface area (Å²) in [4.78, 5) is 0. The molecule has 0 aliphatic heterocycles. The molecule has 0 spiro atoms. The zero-order valence-corrected chi connectivity index (χ0v) is 13.0. The van der Waals surface area contributed by atoms with Crippen LogP contribution in [0.2, 0.25) is 0 Å². The lowest BCUT2D eigenvalue weighted by molar-refractivity contribution is 0.268. The van der Waals surface area contributed by atoms with Crippen molar-refractivity contribution in [3.8, 4) is 0 Å². The topological polar surface area (TPSA) is 29.9 Å². The van der Waals surface area contributed by atoms with Crippen LogP contribution in [0.1, 0.15) is 70.1 Å². The zero-order valence-electron chi connectivity index (χ0n) is 13.0. The van der Waals surface area contributed by atoms with Gasteiger partial charge in [0.25, 0.3) is 0 Å². The van der Waals surface area contributed by atoms with Gasteiger partial charge in [0.05, 0.1) is 5.69 Å². The van der Waals surface area contributed by atoms with Crippen LogP contribution in [-0.4, -0.2) is 16.3 Å². The minimum Gasteiger partial charge on any atom is -0.312 e. The van der Waals surface area contributed by atoms with E-state index in [0.717, 1.165) is 13.1 Å². The Labute approximate surface area is 117 Å². The molecule has 1 N–H and O–H groups in total. The van der Waals surface area contributed by atoms with Gasteiger partial charge in [-0.1, -0.05) is 33.6 Å². The second-order valence-electron chi connectivity index (χ2n) is 6.53. The van der Waals surface area contributed by atoms with Crippen molar-refractivity contribution in [1.82, 2.24) is 15.1 Å². The third-order valence-corrected chi connectivity index (χ3v) is 4.71. The molecule has 3 heteroatoms. The average Bonchev–Trinajstić information content (AvgIpc) is 2.97. The maximum atomic E-state index is 4.57. The lowest BCUT2D eigenvalue weighted by Gasteiger charge is -2.27. The molecule has 0 atom stereocenters. The first kappa shape index (κ1) is 14.6. The maximum Gasteiger partial charge on any atom is 0.0694 e. The van der Waals surface area contributed by atoms with E-state index in [1.165, 1.54) is 43.4 Å². The lowest BCUT2D eigenvalue weighted by atomic mass is 9.83. The van der Waals surface area contributed by atoms with Crippen LogP contribution in [0.5, 0.6) is 0 Å². The van der Waals surface area contributed by atoms with Crippen LogP contribution < -0.4 is 5.32 Å². The second-order valence-corrected chi connectivity index (χ2v) is 6.53. The highest BCUT2D eigenvalue weighted by atomic mass is 15.3. The van der Waals surface area contributed by atoms with E-state index >= 15 is 0 Å². The molecule has 1 heterocycles. The van der Waals surface area contributed by atoms with E-state index < -0.39 is 0 Å². The van der Waals surface area contributed by atoms with Gasteiger partial charge in [-0.2, -0.15) is 5.10 Å². The van der Waals surface area contributed by atoms with E-state index in [2.05, 4.69) is 37.4 Å². The van der Waals surface area contributed by atoms with E-state index in [1.54, 1.807) is 0 Å². The minimum atomic E-state index is 0.504. The Morgan fingerprint density at radius 1 is 1.37 bits per heavy atom. The van der Waals surface area contributed by atoms with Gasteiger partial charge in [0.15, 0.2) is 0 Å². The molecule has 0 radical (unpaired) electrons. The fraction of sp³-hybridized carbons (Fsp3) is 0.812. The summed E-state index contributed by atoms with van der Waals surface area (Å²) in [5.74, 6) is 0.504. The molecule has 0 aromatic carbocycles. The lowest BCUT2D eigenvalue weighted by Crippen LogP contribution is -2.31. The number of nitrogens with one attached hydrogen (secondary N) is 1. The molecule has 1 aliphatic carbocycles. The fourth-order valence-electron chi connectivity index (χ4n) is 3.42. The highest BCUT2D eigenvalue weighted by Crippen LogP contribution is 2.40. The molecule has 3 nitrogen and oxygen atoms in total. The van der Waals surface area contributed by atoms with Gasteiger partial charge in [0.1, 0.15) is 0 Å². The van der Waals surface area contributed by atoms with E-state index in [9.17, 15) is 0 Å². The monoisotopic (exact) mass is 263 g/mol. The van der Waals surface area contributed by atoms with Crippen LogP contribution in [0.3, 0.4) is 0 Å². The first-order valence-corrected chi connectivity index (χ1v) is 7.79. The molecule has 1 fully saturated rings. The SMILES string of the molecule is CCC1(CNCc2cn(C)nc2C(C)C)CCCC1. The molecule has 0 saturated heterocycles. The second kappa shape index (κ2) is 6.08. The minimum absolute atomic E-state index is 0.504. The molecule has 1 saturated carbocycles. The van der Waals surface area contributed by atoms with Crippen LogP contribution in [-0.2, 0) is 13.6 Å². The quantitative estimate of drug-likeness (QED) is 0.850. The van der Waals surface area contributed by atoms with E-state index in [1.807, 2.05) is 11.7 Å². The number of rotatable bonds is 6. The summed E-state index contributed by atoms with van der Waals surface area (Å²) in [7, 11) is 2.01. The molecule has 0 amide bonds. The molecule has 0 bridgehead atoms. The Hall–Kier alpha value is -0.830. The molecule has 1 aliphatic rings. The third kappa shape index (κ3) is 3.38. The van der Waals surface area contributed by atoms with Crippen molar-refractivity contribution in [3.63, 3.8) is 0 Å². The first-order chi connectivity index (χ1) is 9.06. The molecule has 19 heavy (non-hydrogen) atoms. The largest absolute Gasteiger partial charge is 0.312 e. The molecule has 2 rings (SSSR count). The van der Waals surface area contributed by atoms with E-state index in [4.69, 9.17) is 0 Å². The average molecular weight is 263 g/mol. The van der Waals surface area contributed by atoms with Crippen molar-refractivity contribution in [2.45, 2.75) is 65.3 Å². The Bertz CT molecular complexity index is 400. The van der Waals surface area contributed by atoms with Crippen molar-refractivity contribution < 1.29 is 0 Å². The van der Waals surface area contributed by atoms with Gasteiger partial charge in [-0.25, -0.2) is 0 Å². The van der Waals surface area contributed by atoms with Gasteiger partial charge in [-0.3, -0.25) is 4.68 Å². The van der Waals surface area contributed by atoms with Crippen LogP contribution in [0.25, 0.3) is 0 Å². The van der Waals surface area contributed by atoms with Gasteiger partial charge >= 0.3 is 0 Å². The van der Waals surface area contributed by atoms with Crippen molar-refractivity contribution in [2.24, 2.45) is 12.5 Å². The summed E-state index contributed by atoms with van der Waals surface area (Å²) >= 11 is 0. The predicted octanol–water partition coefficient (Wildman–Crippen LogP) is 3.60. The van der Waals surface area contributed by atoms with Gasteiger partial charge in [-0.15, -0.1) is 0 Å². The van der Waals surface area contributed by atoms with Gasteiger partial charge in [-0.05, 0) is 30.6 Å². The standard InChI is InChI=1S/C16H29N3/c1-5-16(8-6-7-9-16)12-17-10-14-11-19(4)18-15(14)13(2)3/h11,13,17H,5-10,12H2,1-4H3. The Kier molecular flexibility index (Phi) is 4.67.